The molecule has 26 rings (SSSR count). The lowest BCUT2D eigenvalue weighted by molar-refractivity contribution is 1.14. The zero-order valence-electron chi connectivity index (χ0n) is 70.0. The molecular formula is C120H82N6Si2. The first-order valence-electron chi connectivity index (χ1n) is 44.2. The van der Waals surface area contributed by atoms with Crippen molar-refractivity contribution in [2.24, 2.45) is 0 Å². The summed E-state index contributed by atoms with van der Waals surface area (Å²) in [5.41, 5.74) is 21.1. The fourth-order valence-corrected chi connectivity index (χ4v) is 31.4. The number of fused-ring (bicyclic) bond motifs is 18. The number of aromatic nitrogens is 6. The molecule has 0 unspecified atom stereocenters. The predicted molar refractivity (Wildman–Crippen MR) is 546 cm³/mol. The SMILES string of the molecule is c1ccc([Si](c2ccccc2)(c2cc(-n3c4ccccc4c4ccccc43)cc(-n3c4ccccc4c4ccccc43)c2)c2cc(-n3c4ccccc4c4ccccc43)cc(-n3c4ccccc4c4ccccc43)c2)cc1.c1ccc([Si](c2ccccc2)(c2ccc(-n3c4ccccc4c4ccccc43)cc2)c2ccc(-n3c4ccccc4c4ccccc43)cc2)cc1. The minimum atomic E-state index is -3.47. The van der Waals surface area contributed by atoms with Crippen molar-refractivity contribution < 1.29 is 0 Å². The van der Waals surface area contributed by atoms with Gasteiger partial charge in [0.1, 0.15) is 0 Å². The molecule has 0 radical (unpaired) electrons. The van der Waals surface area contributed by atoms with Crippen LogP contribution in [-0.4, -0.2) is 43.6 Å². The van der Waals surface area contributed by atoms with Crippen LogP contribution in [0.4, 0.5) is 0 Å². The first-order valence-corrected chi connectivity index (χ1v) is 48.2. The van der Waals surface area contributed by atoms with E-state index in [2.05, 4.69) is 525 Å². The summed E-state index contributed by atoms with van der Waals surface area (Å²) in [6.45, 7) is 0. The average Bonchev–Trinajstić information content (AvgIpc) is 1.41. The molecule has 0 saturated heterocycles. The molecule has 0 N–H and O–H groups in total. The van der Waals surface area contributed by atoms with E-state index >= 15 is 0 Å². The zero-order valence-corrected chi connectivity index (χ0v) is 72.0. The van der Waals surface area contributed by atoms with Gasteiger partial charge in [0, 0.05) is 98.8 Å². The largest absolute Gasteiger partial charge is 0.309 e. The van der Waals surface area contributed by atoms with Crippen LogP contribution in [0.1, 0.15) is 0 Å². The van der Waals surface area contributed by atoms with Gasteiger partial charge in [-0.3, -0.25) is 0 Å². The van der Waals surface area contributed by atoms with Crippen LogP contribution < -0.4 is 41.5 Å². The quantitative estimate of drug-likeness (QED) is 0.0767. The fraction of sp³-hybridized carbons (Fsp3) is 0. The minimum Gasteiger partial charge on any atom is -0.309 e. The second-order valence-corrected chi connectivity index (χ2v) is 41.4. The molecule has 128 heavy (non-hydrogen) atoms. The number of hydrogen-bond acceptors (Lipinski definition) is 0. The van der Waals surface area contributed by atoms with Crippen molar-refractivity contribution in [2.45, 2.75) is 0 Å². The summed E-state index contributed by atoms with van der Waals surface area (Å²) in [6, 6.07) is 185. The normalized spacial score (nSPS) is 12.1. The van der Waals surface area contributed by atoms with Gasteiger partial charge < -0.3 is 27.4 Å². The Hall–Kier alpha value is -16.4. The van der Waals surface area contributed by atoms with E-state index < -0.39 is 16.1 Å². The summed E-state index contributed by atoms with van der Waals surface area (Å²) in [5.74, 6) is 0. The number of rotatable bonds is 14. The monoisotopic (exact) mass is 1660 g/mol. The van der Waals surface area contributed by atoms with Crippen molar-refractivity contribution in [1.82, 2.24) is 27.4 Å². The maximum Gasteiger partial charge on any atom is 0.179 e. The fourth-order valence-electron chi connectivity index (χ4n) is 21.8. The summed E-state index contributed by atoms with van der Waals surface area (Å²) < 4.78 is 14.9. The van der Waals surface area contributed by atoms with E-state index in [9.17, 15) is 0 Å². The molecule has 0 bridgehead atoms. The van der Waals surface area contributed by atoms with E-state index in [1.165, 1.54) is 184 Å². The Balaban J connectivity index is 0.000000151. The molecule has 0 aliphatic rings. The molecule has 600 valence electrons. The van der Waals surface area contributed by atoms with Crippen molar-refractivity contribution in [1.29, 1.82) is 0 Å². The Labute approximate surface area is 742 Å². The third-order valence-corrected chi connectivity index (χ3v) is 36.6. The molecule has 0 saturated carbocycles. The van der Waals surface area contributed by atoms with Crippen molar-refractivity contribution in [3.8, 4) is 34.1 Å². The topological polar surface area (TPSA) is 29.6 Å². The Bertz CT molecular complexity index is 7720. The Morgan fingerprint density at radius 3 is 0.406 bits per heavy atom. The predicted octanol–water partition coefficient (Wildman–Crippen LogP) is 24.7. The first-order chi connectivity index (χ1) is 63.5. The summed E-state index contributed by atoms with van der Waals surface area (Å²) in [5, 5.41) is 25.6. The number of nitrogens with zero attached hydrogens (tertiary/aromatic N) is 6. The first kappa shape index (κ1) is 74.3. The van der Waals surface area contributed by atoms with Crippen LogP contribution in [0, 0.1) is 0 Å². The van der Waals surface area contributed by atoms with E-state index in [1.54, 1.807) is 0 Å². The highest BCUT2D eigenvalue weighted by atomic mass is 28.3. The van der Waals surface area contributed by atoms with E-state index in [0.29, 0.717) is 0 Å². The highest BCUT2D eigenvalue weighted by molar-refractivity contribution is 7.20. The van der Waals surface area contributed by atoms with Crippen LogP contribution in [0.15, 0.2) is 497 Å². The van der Waals surface area contributed by atoms with E-state index in [-0.39, 0.29) is 0 Å². The van der Waals surface area contributed by atoms with Gasteiger partial charge in [0.25, 0.3) is 0 Å². The minimum absolute atomic E-state index is 1.11. The van der Waals surface area contributed by atoms with Gasteiger partial charge in [-0.15, -0.1) is 0 Å². The third kappa shape index (κ3) is 11.5. The van der Waals surface area contributed by atoms with Gasteiger partial charge in [-0.25, -0.2) is 0 Å². The molecule has 0 aliphatic heterocycles. The molecule has 20 aromatic carbocycles. The molecule has 0 amide bonds. The second kappa shape index (κ2) is 30.3. The van der Waals surface area contributed by atoms with Gasteiger partial charge >= 0.3 is 0 Å². The van der Waals surface area contributed by atoms with Gasteiger partial charge in [0.15, 0.2) is 16.1 Å². The summed E-state index contributed by atoms with van der Waals surface area (Å²) >= 11 is 0. The maximum atomic E-state index is 2.55. The lowest BCUT2D eigenvalue weighted by Gasteiger charge is -2.36. The second-order valence-electron chi connectivity index (χ2n) is 33.8. The van der Waals surface area contributed by atoms with Crippen LogP contribution in [0.2, 0.25) is 0 Å². The highest BCUT2D eigenvalue weighted by Gasteiger charge is 2.45. The van der Waals surface area contributed by atoms with Crippen molar-refractivity contribution in [3.63, 3.8) is 0 Å². The molecule has 0 fully saturated rings. The van der Waals surface area contributed by atoms with Crippen LogP contribution >= 0.6 is 0 Å². The van der Waals surface area contributed by atoms with Crippen molar-refractivity contribution >= 4 is 188 Å². The van der Waals surface area contributed by atoms with Crippen LogP contribution in [0.5, 0.6) is 0 Å². The Morgan fingerprint density at radius 1 is 0.102 bits per heavy atom. The molecule has 0 aliphatic carbocycles. The van der Waals surface area contributed by atoms with Gasteiger partial charge in [-0.1, -0.05) is 364 Å². The summed E-state index contributed by atoms with van der Waals surface area (Å²) in [7, 11) is -6.22. The average molecular weight is 1660 g/mol. The molecule has 26 aromatic rings. The number of hydrogen-bond donors (Lipinski definition) is 0. The molecule has 8 heteroatoms. The van der Waals surface area contributed by atoms with Crippen LogP contribution in [0.3, 0.4) is 0 Å². The van der Waals surface area contributed by atoms with Crippen molar-refractivity contribution in [2.75, 3.05) is 0 Å². The molecule has 0 spiro atoms. The summed E-state index contributed by atoms with van der Waals surface area (Å²) in [4.78, 5) is 0. The number of benzene rings is 20. The van der Waals surface area contributed by atoms with Gasteiger partial charge in [0.2, 0.25) is 0 Å². The number of para-hydroxylation sites is 12. The van der Waals surface area contributed by atoms with Crippen molar-refractivity contribution in [3.05, 3.63) is 497 Å². The maximum absolute atomic E-state index is 3.47. The molecule has 6 nitrogen and oxygen atoms in total. The standard InChI is InChI=1S/C72H48N4Si.C48H34N2Si/c1-3-23-53(24-4-1)77(54-25-5-2-6-26-54,55-45-49(73-65-35-15-7-27-57(65)58-28-8-16-36-66(58)73)43-50(46-55)74-67-37-17-9-29-59(67)60-30-10-18-38-68(60)74)56-47-51(75-69-39-19-11-31-61(69)62-32-12-20-40-70(62)75)44-52(48-56)76-71-41-21-13-33-63(71)64-34-14-22-42-72(64)76;1-3-15-37(16-4-1)51(38-17-5-2-6-18-38,39-31-27-35(28-32-39)49-45-23-11-7-19-41(45)42-20-8-12-24-46(42)49)40-33-29-36(30-34-40)50-47-25-13-9-21-43(47)44-22-10-14-26-48(44)50/h1-48H;1-34H. The zero-order chi connectivity index (χ0) is 84.4. The van der Waals surface area contributed by atoms with E-state index in [0.717, 1.165) is 22.7 Å². The molecular weight excluding hydrogens is 1580 g/mol. The van der Waals surface area contributed by atoms with Gasteiger partial charge in [0.05, 0.1) is 66.2 Å². The van der Waals surface area contributed by atoms with E-state index in [1.807, 2.05) is 0 Å². The lowest BCUT2D eigenvalue weighted by Crippen LogP contribution is -2.75. The smallest absolute Gasteiger partial charge is 0.179 e. The Kier molecular flexibility index (Phi) is 17.6. The van der Waals surface area contributed by atoms with Crippen LogP contribution in [-0.2, 0) is 0 Å². The van der Waals surface area contributed by atoms with Gasteiger partial charge in [-0.05, 0) is 175 Å². The van der Waals surface area contributed by atoms with Gasteiger partial charge in [-0.2, -0.15) is 0 Å². The third-order valence-electron chi connectivity index (χ3n) is 27.1. The Morgan fingerprint density at radius 2 is 0.234 bits per heavy atom. The lowest BCUT2D eigenvalue weighted by atomic mass is 10.2. The summed E-state index contributed by atoms with van der Waals surface area (Å²) in [6.07, 6.45) is 0. The van der Waals surface area contributed by atoms with Crippen LogP contribution in [0.25, 0.3) is 165 Å². The van der Waals surface area contributed by atoms with E-state index in [4.69, 9.17) is 0 Å². The molecule has 0 atom stereocenters. The highest BCUT2D eigenvalue weighted by Crippen LogP contribution is 2.41. The molecule has 6 heterocycles. The molecule has 6 aromatic heterocycles.